The molecular weight excluding hydrogens is 260 g/mol. The van der Waals surface area contributed by atoms with Crippen LogP contribution in [0.3, 0.4) is 0 Å². The van der Waals surface area contributed by atoms with Gasteiger partial charge in [0, 0.05) is 25.0 Å². The van der Waals surface area contributed by atoms with Crippen molar-refractivity contribution < 1.29 is 19.1 Å². The summed E-state index contributed by atoms with van der Waals surface area (Å²) in [5.74, 6) is -1.10. The Hall–Kier alpha value is -2.34. The first-order chi connectivity index (χ1) is 9.61. The van der Waals surface area contributed by atoms with E-state index in [1.165, 1.54) is 6.07 Å². The fourth-order valence-electron chi connectivity index (χ4n) is 2.38. The van der Waals surface area contributed by atoms with Crippen molar-refractivity contribution in [2.75, 3.05) is 19.6 Å². The van der Waals surface area contributed by atoms with E-state index in [4.69, 9.17) is 9.52 Å². The van der Waals surface area contributed by atoms with Gasteiger partial charge in [-0.3, -0.25) is 9.69 Å². The molecule has 1 aromatic carbocycles. The molecule has 2 heterocycles. The Morgan fingerprint density at radius 1 is 1.40 bits per heavy atom. The van der Waals surface area contributed by atoms with Gasteiger partial charge in [0.25, 0.3) is 0 Å². The number of carboxylic acid groups (broad SMARTS) is 1. The number of amides is 1. The van der Waals surface area contributed by atoms with E-state index in [1.54, 1.807) is 6.07 Å². The second-order valence-electron chi connectivity index (χ2n) is 4.85. The molecule has 2 N–H and O–H groups in total. The maximum absolute atomic E-state index is 11.3. The van der Waals surface area contributed by atoms with Crippen molar-refractivity contribution in [2.24, 2.45) is 0 Å². The largest absolute Gasteiger partial charge is 0.475 e. The number of piperazine rings is 1. The van der Waals surface area contributed by atoms with Crippen molar-refractivity contribution in [3.63, 3.8) is 0 Å². The quantitative estimate of drug-likeness (QED) is 0.874. The van der Waals surface area contributed by atoms with Crippen LogP contribution in [0, 0.1) is 0 Å². The molecule has 0 radical (unpaired) electrons. The van der Waals surface area contributed by atoms with Gasteiger partial charge in [-0.15, -0.1) is 0 Å². The van der Waals surface area contributed by atoms with E-state index in [2.05, 4.69) is 10.2 Å². The normalized spacial score (nSPS) is 16.3. The zero-order valence-corrected chi connectivity index (χ0v) is 10.8. The molecule has 1 aromatic heterocycles. The second-order valence-corrected chi connectivity index (χ2v) is 4.85. The predicted octanol–water partition coefficient (Wildman–Crippen LogP) is 1.06. The van der Waals surface area contributed by atoms with E-state index < -0.39 is 5.97 Å². The van der Waals surface area contributed by atoms with Crippen LogP contribution < -0.4 is 5.32 Å². The molecule has 1 amide bonds. The average Bonchev–Trinajstić information content (AvgIpc) is 2.82. The van der Waals surface area contributed by atoms with Gasteiger partial charge in [0.15, 0.2) is 0 Å². The fraction of sp³-hybridized carbons (Fsp3) is 0.286. The standard InChI is InChI=1S/C14H14N2O4/c17-13-8-16(4-3-15-13)7-9-1-2-11-10(5-9)6-12(20-11)14(18)19/h1-2,5-6H,3-4,7-8H2,(H,15,17)(H,18,19). The topological polar surface area (TPSA) is 82.8 Å². The van der Waals surface area contributed by atoms with Gasteiger partial charge < -0.3 is 14.8 Å². The average molecular weight is 274 g/mol. The highest BCUT2D eigenvalue weighted by molar-refractivity contribution is 5.91. The van der Waals surface area contributed by atoms with Gasteiger partial charge in [0.1, 0.15) is 5.58 Å². The number of nitrogens with zero attached hydrogens (tertiary/aromatic N) is 1. The number of carboxylic acids is 1. The summed E-state index contributed by atoms with van der Waals surface area (Å²) in [5.41, 5.74) is 1.59. The highest BCUT2D eigenvalue weighted by Gasteiger charge is 2.17. The van der Waals surface area contributed by atoms with Crippen LogP contribution in [-0.4, -0.2) is 41.5 Å². The van der Waals surface area contributed by atoms with Crippen LogP contribution in [0.4, 0.5) is 0 Å². The third-order valence-electron chi connectivity index (χ3n) is 3.32. The highest BCUT2D eigenvalue weighted by atomic mass is 16.4. The number of benzene rings is 1. The Bertz CT molecular complexity index is 677. The molecule has 3 rings (SSSR count). The van der Waals surface area contributed by atoms with Gasteiger partial charge in [-0.1, -0.05) is 6.07 Å². The van der Waals surface area contributed by atoms with Crippen LogP contribution >= 0.6 is 0 Å². The molecule has 1 fully saturated rings. The molecule has 0 atom stereocenters. The zero-order chi connectivity index (χ0) is 14.1. The van der Waals surface area contributed by atoms with Crippen molar-refractivity contribution >= 4 is 22.8 Å². The molecule has 0 spiro atoms. The van der Waals surface area contributed by atoms with Crippen LogP contribution in [0.5, 0.6) is 0 Å². The molecule has 1 saturated heterocycles. The lowest BCUT2D eigenvalue weighted by Gasteiger charge is -2.26. The monoisotopic (exact) mass is 274 g/mol. The van der Waals surface area contributed by atoms with Gasteiger partial charge in [-0.2, -0.15) is 0 Å². The Labute approximate surface area is 115 Å². The third kappa shape index (κ3) is 2.50. The molecule has 1 aliphatic rings. The molecule has 0 saturated carbocycles. The molecule has 0 aliphatic carbocycles. The first-order valence-electron chi connectivity index (χ1n) is 6.36. The second kappa shape index (κ2) is 4.97. The number of fused-ring (bicyclic) bond motifs is 1. The van der Waals surface area contributed by atoms with E-state index >= 15 is 0 Å². The minimum atomic E-state index is -1.07. The number of carbonyl (C=O) groups is 2. The molecule has 104 valence electrons. The molecule has 1 aliphatic heterocycles. The minimum Gasteiger partial charge on any atom is -0.475 e. The van der Waals surface area contributed by atoms with Gasteiger partial charge in [-0.25, -0.2) is 4.79 Å². The van der Waals surface area contributed by atoms with Gasteiger partial charge in [0.2, 0.25) is 11.7 Å². The molecule has 2 aromatic rings. The maximum Gasteiger partial charge on any atom is 0.371 e. The van der Waals surface area contributed by atoms with Crippen LogP contribution in [0.15, 0.2) is 28.7 Å². The lowest BCUT2D eigenvalue weighted by molar-refractivity contribution is -0.124. The summed E-state index contributed by atoms with van der Waals surface area (Å²) in [6, 6.07) is 7.08. The van der Waals surface area contributed by atoms with Gasteiger partial charge >= 0.3 is 5.97 Å². The lowest BCUT2D eigenvalue weighted by Crippen LogP contribution is -2.47. The highest BCUT2D eigenvalue weighted by Crippen LogP contribution is 2.21. The van der Waals surface area contributed by atoms with Crippen LogP contribution in [0.2, 0.25) is 0 Å². The number of nitrogens with one attached hydrogen (secondary N) is 1. The van der Waals surface area contributed by atoms with E-state index in [9.17, 15) is 9.59 Å². The molecular formula is C14H14N2O4. The Morgan fingerprint density at radius 3 is 3.00 bits per heavy atom. The van der Waals surface area contributed by atoms with E-state index in [0.29, 0.717) is 25.2 Å². The van der Waals surface area contributed by atoms with Crippen molar-refractivity contribution in [3.05, 3.63) is 35.6 Å². The summed E-state index contributed by atoms with van der Waals surface area (Å²) in [6.07, 6.45) is 0. The van der Waals surface area contributed by atoms with E-state index in [0.717, 1.165) is 17.5 Å². The summed E-state index contributed by atoms with van der Waals surface area (Å²) in [5, 5.41) is 12.4. The molecule has 6 nitrogen and oxygen atoms in total. The number of furan rings is 1. The zero-order valence-electron chi connectivity index (χ0n) is 10.8. The summed E-state index contributed by atoms with van der Waals surface area (Å²) >= 11 is 0. The SMILES string of the molecule is O=C1CN(Cc2ccc3oc(C(=O)O)cc3c2)CCN1. The van der Waals surface area contributed by atoms with Gasteiger partial charge in [0.05, 0.1) is 6.54 Å². The molecule has 20 heavy (non-hydrogen) atoms. The molecule has 0 bridgehead atoms. The first kappa shape index (κ1) is 12.7. The van der Waals surface area contributed by atoms with Crippen molar-refractivity contribution in [1.82, 2.24) is 10.2 Å². The number of carbonyl (C=O) groups excluding carboxylic acids is 1. The molecule has 0 unspecified atom stereocenters. The summed E-state index contributed by atoms with van der Waals surface area (Å²) in [6.45, 7) is 2.53. The lowest BCUT2D eigenvalue weighted by atomic mass is 10.1. The summed E-state index contributed by atoms with van der Waals surface area (Å²) in [7, 11) is 0. The summed E-state index contributed by atoms with van der Waals surface area (Å²) in [4.78, 5) is 24.2. The van der Waals surface area contributed by atoms with Gasteiger partial charge in [-0.05, 0) is 23.8 Å². The Morgan fingerprint density at radius 2 is 2.25 bits per heavy atom. The number of rotatable bonds is 3. The number of hydrogen-bond donors (Lipinski definition) is 2. The van der Waals surface area contributed by atoms with Crippen molar-refractivity contribution in [3.8, 4) is 0 Å². The minimum absolute atomic E-state index is 0.0359. The van der Waals surface area contributed by atoms with Crippen molar-refractivity contribution in [1.29, 1.82) is 0 Å². The van der Waals surface area contributed by atoms with Crippen LogP contribution in [0.25, 0.3) is 11.0 Å². The smallest absolute Gasteiger partial charge is 0.371 e. The van der Waals surface area contributed by atoms with Crippen LogP contribution in [0.1, 0.15) is 16.1 Å². The number of hydrogen-bond acceptors (Lipinski definition) is 4. The first-order valence-corrected chi connectivity index (χ1v) is 6.36. The molecule has 6 heteroatoms. The fourth-order valence-corrected chi connectivity index (χ4v) is 2.38. The third-order valence-corrected chi connectivity index (χ3v) is 3.32. The van der Waals surface area contributed by atoms with E-state index in [1.807, 2.05) is 12.1 Å². The summed E-state index contributed by atoms with van der Waals surface area (Å²) < 4.78 is 5.21. The number of aromatic carboxylic acids is 1. The Balaban J connectivity index is 1.81. The van der Waals surface area contributed by atoms with E-state index in [-0.39, 0.29) is 11.7 Å². The van der Waals surface area contributed by atoms with Crippen molar-refractivity contribution in [2.45, 2.75) is 6.54 Å². The maximum atomic E-state index is 11.3. The predicted molar refractivity (Wildman–Crippen MR) is 71.5 cm³/mol. The van der Waals surface area contributed by atoms with Crippen LogP contribution in [-0.2, 0) is 11.3 Å². The Kier molecular flexibility index (Phi) is 3.15.